The molecule has 2 unspecified atom stereocenters. The molecule has 1 rings (SSSR count). The molecule has 70 valence electrons. The van der Waals surface area contributed by atoms with Crippen LogP contribution < -0.4 is 0 Å². The number of carbonyl (C=O) groups excluding carboxylic acids is 1. The molecular formula is C10H18O2. The van der Waals surface area contributed by atoms with E-state index in [4.69, 9.17) is 4.74 Å². The van der Waals surface area contributed by atoms with Crippen LogP contribution in [0.5, 0.6) is 0 Å². The lowest BCUT2D eigenvalue weighted by Gasteiger charge is -2.24. The fourth-order valence-electron chi connectivity index (χ4n) is 1.60. The fourth-order valence-corrected chi connectivity index (χ4v) is 1.60. The van der Waals surface area contributed by atoms with Gasteiger partial charge in [0, 0.05) is 12.0 Å². The van der Waals surface area contributed by atoms with E-state index >= 15 is 0 Å². The van der Waals surface area contributed by atoms with Crippen molar-refractivity contribution >= 4 is 6.29 Å². The van der Waals surface area contributed by atoms with Gasteiger partial charge >= 0.3 is 0 Å². The summed E-state index contributed by atoms with van der Waals surface area (Å²) in [6.07, 6.45) is 5.50. The number of rotatable bonds is 4. The highest BCUT2D eigenvalue weighted by atomic mass is 16.5. The molecule has 0 radical (unpaired) electrons. The molecule has 0 saturated carbocycles. The minimum Gasteiger partial charge on any atom is -0.378 e. The Hall–Kier alpha value is -0.370. The zero-order chi connectivity index (χ0) is 9.03. The molecule has 2 atom stereocenters. The fraction of sp³-hybridized carbons (Fsp3) is 0.900. The maximum atomic E-state index is 10.8. The number of carbonyl (C=O) groups is 1. The Kier molecular flexibility index (Phi) is 3.27. The smallest absolute Gasteiger partial charge is 0.125 e. The molecule has 1 aliphatic rings. The van der Waals surface area contributed by atoms with Crippen molar-refractivity contribution in [2.24, 2.45) is 5.41 Å². The van der Waals surface area contributed by atoms with Crippen LogP contribution in [-0.4, -0.2) is 19.0 Å². The number of hydrogen-bond donors (Lipinski definition) is 0. The lowest BCUT2D eigenvalue weighted by atomic mass is 9.83. The molecule has 2 nitrogen and oxygen atoms in total. The van der Waals surface area contributed by atoms with Crippen LogP contribution in [0.1, 0.15) is 39.5 Å². The molecule has 1 fully saturated rings. The second-order valence-corrected chi connectivity index (χ2v) is 3.96. The molecule has 0 spiro atoms. The molecule has 0 aliphatic carbocycles. The Morgan fingerprint density at radius 3 is 2.83 bits per heavy atom. The predicted octanol–water partition coefficient (Wildman–Crippen LogP) is 2.17. The van der Waals surface area contributed by atoms with E-state index in [2.05, 4.69) is 6.92 Å². The average molecular weight is 170 g/mol. The Morgan fingerprint density at radius 1 is 1.67 bits per heavy atom. The van der Waals surface area contributed by atoms with Crippen molar-refractivity contribution in [3.8, 4) is 0 Å². The molecule has 0 bridgehead atoms. The Morgan fingerprint density at radius 2 is 2.42 bits per heavy atom. The highest BCUT2D eigenvalue weighted by Crippen LogP contribution is 2.29. The summed E-state index contributed by atoms with van der Waals surface area (Å²) < 4.78 is 5.49. The zero-order valence-electron chi connectivity index (χ0n) is 8.01. The van der Waals surface area contributed by atoms with Crippen molar-refractivity contribution < 1.29 is 9.53 Å². The van der Waals surface area contributed by atoms with E-state index in [0.717, 1.165) is 38.6 Å². The van der Waals surface area contributed by atoms with Gasteiger partial charge in [0.15, 0.2) is 0 Å². The van der Waals surface area contributed by atoms with Gasteiger partial charge in [0.2, 0.25) is 0 Å². The second-order valence-electron chi connectivity index (χ2n) is 3.96. The van der Waals surface area contributed by atoms with Crippen molar-refractivity contribution in [1.29, 1.82) is 0 Å². The number of hydrogen-bond acceptors (Lipinski definition) is 2. The monoisotopic (exact) mass is 170 g/mol. The lowest BCUT2D eigenvalue weighted by molar-refractivity contribution is -0.117. The minimum atomic E-state index is -0.158. The minimum absolute atomic E-state index is 0.158. The van der Waals surface area contributed by atoms with Gasteiger partial charge in [-0.3, -0.25) is 0 Å². The summed E-state index contributed by atoms with van der Waals surface area (Å²) in [7, 11) is 0. The molecule has 1 heterocycles. The van der Waals surface area contributed by atoms with Crippen molar-refractivity contribution in [3.05, 3.63) is 0 Å². The van der Waals surface area contributed by atoms with Gasteiger partial charge in [-0.1, -0.05) is 13.8 Å². The summed E-state index contributed by atoms with van der Waals surface area (Å²) in [6.45, 7) is 4.95. The molecule has 0 amide bonds. The van der Waals surface area contributed by atoms with Crippen molar-refractivity contribution in [2.75, 3.05) is 6.61 Å². The van der Waals surface area contributed by atoms with E-state index in [9.17, 15) is 4.79 Å². The normalized spacial score (nSPS) is 28.3. The first-order valence-corrected chi connectivity index (χ1v) is 4.78. The highest BCUT2D eigenvalue weighted by molar-refractivity contribution is 5.58. The van der Waals surface area contributed by atoms with Crippen molar-refractivity contribution in [1.82, 2.24) is 0 Å². The van der Waals surface area contributed by atoms with E-state index < -0.39 is 0 Å². The van der Waals surface area contributed by atoms with Crippen LogP contribution >= 0.6 is 0 Å². The third-order valence-electron chi connectivity index (χ3n) is 2.81. The molecule has 0 N–H and O–H groups in total. The predicted molar refractivity (Wildman–Crippen MR) is 48.1 cm³/mol. The quantitative estimate of drug-likeness (QED) is 0.604. The Balaban J connectivity index is 2.40. The summed E-state index contributed by atoms with van der Waals surface area (Å²) >= 11 is 0. The third kappa shape index (κ3) is 2.31. The van der Waals surface area contributed by atoms with Crippen molar-refractivity contribution in [3.63, 3.8) is 0 Å². The SMILES string of the molecule is CCC(C)(C=O)CC1CCCO1. The first-order chi connectivity index (χ1) is 5.70. The summed E-state index contributed by atoms with van der Waals surface area (Å²) in [4.78, 5) is 10.8. The van der Waals surface area contributed by atoms with Crippen molar-refractivity contribution in [2.45, 2.75) is 45.6 Å². The topological polar surface area (TPSA) is 26.3 Å². The van der Waals surface area contributed by atoms with Crippen LogP contribution in [0.15, 0.2) is 0 Å². The highest BCUT2D eigenvalue weighted by Gasteiger charge is 2.28. The summed E-state index contributed by atoms with van der Waals surface area (Å²) in [5, 5.41) is 0. The Labute approximate surface area is 74.3 Å². The molecule has 0 aromatic rings. The van der Waals surface area contributed by atoms with E-state index in [-0.39, 0.29) is 5.41 Å². The third-order valence-corrected chi connectivity index (χ3v) is 2.81. The molecule has 2 heteroatoms. The number of aldehydes is 1. The largest absolute Gasteiger partial charge is 0.378 e. The summed E-state index contributed by atoms with van der Waals surface area (Å²) in [6, 6.07) is 0. The van der Waals surface area contributed by atoms with Crippen LogP contribution in [-0.2, 0) is 9.53 Å². The maximum absolute atomic E-state index is 10.8. The van der Waals surface area contributed by atoms with Crippen LogP contribution in [0, 0.1) is 5.41 Å². The Bertz CT molecular complexity index is 150. The summed E-state index contributed by atoms with van der Waals surface area (Å²) in [5.41, 5.74) is -0.158. The van der Waals surface area contributed by atoms with Gasteiger partial charge in [-0.05, 0) is 25.7 Å². The van der Waals surface area contributed by atoms with Crippen LogP contribution in [0.25, 0.3) is 0 Å². The van der Waals surface area contributed by atoms with E-state index in [1.807, 2.05) is 6.92 Å². The van der Waals surface area contributed by atoms with E-state index in [0.29, 0.717) is 6.10 Å². The average Bonchev–Trinajstić information content (AvgIpc) is 2.57. The van der Waals surface area contributed by atoms with Gasteiger partial charge in [0.1, 0.15) is 6.29 Å². The molecule has 0 aromatic heterocycles. The molecule has 12 heavy (non-hydrogen) atoms. The lowest BCUT2D eigenvalue weighted by Crippen LogP contribution is -2.23. The van der Waals surface area contributed by atoms with E-state index in [1.165, 1.54) is 0 Å². The first kappa shape index (κ1) is 9.72. The van der Waals surface area contributed by atoms with Gasteiger partial charge in [0.05, 0.1) is 6.10 Å². The molecule has 1 aliphatic heterocycles. The number of ether oxygens (including phenoxy) is 1. The van der Waals surface area contributed by atoms with Crippen LogP contribution in [0.4, 0.5) is 0 Å². The first-order valence-electron chi connectivity index (χ1n) is 4.78. The van der Waals surface area contributed by atoms with E-state index in [1.54, 1.807) is 0 Å². The van der Waals surface area contributed by atoms with Gasteiger partial charge in [-0.2, -0.15) is 0 Å². The second kappa shape index (κ2) is 4.04. The van der Waals surface area contributed by atoms with Gasteiger partial charge < -0.3 is 9.53 Å². The molecular weight excluding hydrogens is 152 g/mol. The standard InChI is InChI=1S/C10H18O2/c1-3-10(2,8-11)7-9-5-4-6-12-9/h8-9H,3-7H2,1-2H3. The van der Waals surface area contributed by atoms with Gasteiger partial charge in [-0.25, -0.2) is 0 Å². The molecule has 0 aromatic carbocycles. The maximum Gasteiger partial charge on any atom is 0.125 e. The van der Waals surface area contributed by atoms with Crippen LogP contribution in [0.3, 0.4) is 0 Å². The summed E-state index contributed by atoms with van der Waals surface area (Å²) in [5.74, 6) is 0. The van der Waals surface area contributed by atoms with Crippen LogP contribution in [0.2, 0.25) is 0 Å². The van der Waals surface area contributed by atoms with Gasteiger partial charge in [-0.15, -0.1) is 0 Å². The van der Waals surface area contributed by atoms with Gasteiger partial charge in [0.25, 0.3) is 0 Å². The zero-order valence-corrected chi connectivity index (χ0v) is 8.01. The molecule has 1 saturated heterocycles.